The largest absolute Gasteiger partial charge is 0.319 e. The molecular weight excluding hydrogens is 354 g/mol. The molecule has 0 aliphatic carbocycles. The van der Waals surface area contributed by atoms with Crippen LogP contribution in [-0.4, -0.2) is 17.4 Å². The van der Waals surface area contributed by atoms with Gasteiger partial charge in [0.25, 0.3) is 5.69 Å². The van der Waals surface area contributed by atoms with Crippen LogP contribution in [0.2, 0.25) is 5.02 Å². The molecule has 2 rings (SSSR count). The number of hydrogen-bond acceptors (Lipinski definition) is 4. The van der Waals surface area contributed by atoms with Gasteiger partial charge in [-0.25, -0.2) is 0 Å². The van der Waals surface area contributed by atoms with Gasteiger partial charge >= 0.3 is 0 Å². The molecule has 26 heavy (non-hydrogen) atoms. The fourth-order valence-corrected chi connectivity index (χ4v) is 2.83. The quantitative estimate of drug-likeness (QED) is 0.552. The normalized spacial score (nSPS) is 12.0. The van der Waals surface area contributed by atoms with Gasteiger partial charge in [0.1, 0.15) is 5.69 Å². The minimum absolute atomic E-state index is 0.0361. The summed E-state index contributed by atoms with van der Waals surface area (Å²) in [5.41, 5.74) is 1.87. The number of nitrogens with one attached hydrogen (secondary N) is 2. The minimum Gasteiger partial charge on any atom is -0.319 e. The van der Waals surface area contributed by atoms with Crippen LogP contribution < -0.4 is 10.6 Å². The van der Waals surface area contributed by atoms with Crippen LogP contribution in [0.1, 0.15) is 31.0 Å². The Bertz CT molecular complexity index is 791. The van der Waals surface area contributed by atoms with Crippen LogP contribution in [0.5, 0.6) is 0 Å². The van der Waals surface area contributed by atoms with E-state index < -0.39 is 4.92 Å². The van der Waals surface area contributed by atoms with E-state index in [1.54, 1.807) is 19.1 Å². The van der Waals surface area contributed by atoms with Crippen molar-refractivity contribution in [3.05, 3.63) is 68.7 Å². The molecule has 2 aromatic rings. The minimum atomic E-state index is -0.499. The molecule has 0 bridgehead atoms. The summed E-state index contributed by atoms with van der Waals surface area (Å²) in [5.74, 6) is -0.0887. The van der Waals surface area contributed by atoms with Crippen molar-refractivity contribution in [1.29, 1.82) is 0 Å². The lowest BCUT2D eigenvalue weighted by molar-refractivity contribution is -0.384. The molecule has 0 radical (unpaired) electrons. The van der Waals surface area contributed by atoms with E-state index in [1.807, 2.05) is 24.3 Å². The first-order valence-electron chi connectivity index (χ1n) is 8.31. The van der Waals surface area contributed by atoms with Gasteiger partial charge in [0.2, 0.25) is 5.91 Å². The van der Waals surface area contributed by atoms with E-state index in [1.165, 1.54) is 6.07 Å². The number of anilines is 1. The molecule has 7 heteroatoms. The fraction of sp³-hybridized carbons (Fsp3) is 0.316. The summed E-state index contributed by atoms with van der Waals surface area (Å²) in [7, 11) is 0. The summed E-state index contributed by atoms with van der Waals surface area (Å²) >= 11 is 5.93. The molecular formula is C19H22ClN3O3. The zero-order valence-electron chi connectivity index (χ0n) is 15.0. The molecule has 0 saturated carbocycles. The molecule has 1 atom stereocenters. The van der Waals surface area contributed by atoms with Crippen LogP contribution in [0.15, 0.2) is 42.5 Å². The first-order valence-corrected chi connectivity index (χ1v) is 8.69. The SMILES string of the molecule is Cc1ccc(NC(=O)CNC(c2ccc(Cl)cc2)C(C)C)c([N+](=O)[O-])c1. The third-order valence-electron chi connectivity index (χ3n) is 4.00. The lowest BCUT2D eigenvalue weighted by Crippen LogP contribution is -2.33. The van der Waals surface area contributed by atoms with Gasteiger partial charge < -0.3 is 10.6 Å². The second-order valence-corrected chi connectivity index (χ2v) is 6.92. The molecule has 0 heterocycles. The summed E-state index contributed by atoms with van der Waals surface area (Å²) in [6.07, 6.45) is 0. The van der Waals surface area contributed by atoms with Crippen molar-refractivity contribution in [3.8, 4) is 0 Å². The molecule has 2 N–H and O–H groups in total. The van der Waals surface area contributed by atoms with Gasteiger partial charge in [0.15, 0.2) is 0 Å². The Morgan fingerprint density at radius 1 is 1.19 bits per heavy atom. The average Bonchev–Trinajstić information content (AvgIpc) is 2.57. The highest BCUT2D eigenvalue weighted by molar-refractivity contribution is 6.30. The van der Waals surface area contributed by atoms with E-state index in [-0.39, 0.29) is 35.8 Å². The molecule has 1 unspecified atom stereocenters. The number of nitrogens with zero attached hydrogens (tertiary/aromatic N) is 1. The molecule has 2 aromatic carbocycles. The first-order chi connectivity index (χ1) is 12.3. The standard InChI is InChI=1S/C19H22ClN3O3/c1-12(2)19(14-5-7-15(20)8-6-14)21-11-18(24)22-16-9-4-13(3)10-17(16)23(25)26/h4-10,12,19,21H,11H2,1-3H3,(H,22,24). The Balaban J connectivity index is 2.05. The number of rotatable bonds is 7. The highest BCUT2D eigenvalue weighted by Gasteiger charge is 2.19. The van der Waals surface area contributed by atoms with Crippen LogP contribution >= 0.6 is 11.6 Å². The fourth-order valence-electron chi connectivity index (χ4n) is 2.70. The summed E-state index contributed by atoms with van der Waals surface area (Å²) in [6.45, 7) is 5.90. The number of amides is 1. The molecule has 1 amide bonds. The van der Waals surface area contributed by atoms with E-state index in [4.69, 9.17) is 11.6 Å². The van der Waals surface area contributed by atoms with E-state index in [0.29, 0.717) is 5.02 Å². The van der Waals surface area contributed by atoms with Crippen molar-refractivity contribution >= 4 is 28.9 Å². The van der Waals surface area contributed by atoms with Crippen LogP contribution in [0, 0.1) is 23.0 Å². The maximum Gasteiger partial charge on any atom is 0.293 e. The number of aryl methyl sites for hydroxylation is 1. The van der Waals surface area contributed by atoms with Crippen LogP contribution in [0.4, 0.5) is 11.4 Å². The Hall–Kier alpha value is -2.44. The highest BCUT2D eigenvalue weighted by Crippen LogP contribution is 2.26. The number of halogens is 1. The van der Waals surface area contributed by atoms with Crippen LogP contribution in [-0.2, 0) is 4.79 Å². The van der Waals surface area contributed by atoms with Crippen molar-refractivity contribution in [2.45, 2.75) is 26.8 Å². The van der Waals surface area contributed by atoms with Crippen molar-refractivity contribution in [3.63, 3.8) is 0 Å². The first kappa shape index (κ1) is 19.9. The smallest absolute Gasteiger partial charge is 0.293 e. The Morgan fingerprint density at radius 3 is 2.42 bits per heavy atom. The van der Waals surface area contributed by atoms with E-state index >= 15 is 0 Å². The second-order valence-electron chi connectivity index (χ2n) is 6.48. The van der Waals surface area contributed by atoms with Crippen molar-refractivity contribution in [2.24, 2.45) is 5.92 Å². The number of carbonyl (C=O) groups excluding carboxylic acids is 1. The summed E-state index contributed by atoms with van der Waals surface area (Å²) in [6, 6.07) is 12.1. The van der Waals surface area contributed by atoms with Gasteiger partial charge in [-0.2, -0.15) is 0 Å². The van der Waals surface area contributed by atoms with Gasteiger partial charge in [-0.1, -0.05) is 43.6 Å². The number of carbonyl (C=O) groups is 1. The second kappa shape index (κ2) is 8.78. The van der Waals surface area contributed by atoms with E-state index in [0.717, 1.165) is 11.1 Å². The van der Waals surface area contributed by atoms with Gasteiger partial charge in [-0.3, -0.25) is 14.9 Å². The molecule has 6 nitrogen and oxygen atoms in total. The predicted octanol–water partition coefficient (Wildman–Crippen LogP) is 4.48. The Labute approximate surface area is 157 Å². The van der Waals surface area contributed by atoms with E-state index in [9.17, 15) is 14.9 Å². The van der Waals surface area contributed by atoms with E-state index in [2.05, 4.69) is 24.5 Å². The van der Waals surface area contributed by atoms with Gasteiger partial charge in [0.05, 0.1) is 11.5 Å². The predicted molar refractivity (Wildman–Crippen MR) is 103 cm³/mol. The summed E-state index contributed by atoms with van der Waals surface area (Å²) in [4.78, 5) is 22.9. The third kappa shape index (κ3) is 5.28. The Kier molecular flexibility index (Phi) is 6.71. The summed E-state index contributed by atoms with van der Waals surface area (Å²) in [5, 5.41) is 17.6. The number of nitro groups is 1. The number of hydrogen-bond donors (Lipinski definition) is 2. The third-order valence-corrected chi connectivity index (χ3v) is 4.25. The van der Waals surface area contributed by atoms with Gasteiger partial charge in [-0.05, 0) is 42.2 Å². The van der Waals surface area contributed by atoms with Crippen molar-refractivity contribution < 1.29 is 9.72 Å². The number of benzene rings is 2. The van der Waals surface area contributed by atoms with Crippen molar-refractivity contribution in [2.75, 3.05) is 11.9 Å². The molecule has 0 aliphatic rings. The van der Waals surface area contributed by atoms with Gasteiger partial charge in [-0.15, -0.1) is 0 Å². The maximum absolute atomic E-state index is 12.3. The lowest BCUT2D eigenvalue weighted by atomic mass is 9.96. The molecule has 0 saturated heterocycles. The molecule has 138 valence electrons. The molecule has 0 fully saturated rings. The average molecular weight is 376 g/mol. The Morgan fingerprint density at radius 2 is 1.85 bits per heavy atom. The monoisotopic (exact) mass is 375 g/mol. The lowest BCUT2D eigenvalue weighted by Gasteiger charge is -2.23. The maximum atomic E-state index is 12.3. The molecule has 0 spiro atoms. The topological polar surface area (TPSA) is 84.3 Å². The highest BCUT2D eigenvalue weighted by atomic mass is 35.5. The molecule has 0 aliphatic heterocycles. The zero-order valence-corrected chi connectivity index (χ0v) is 15.7. The van der Waals surface area contributed by atoms with Crippen LogP contribution in [0.3, 0.4) is 0 Å². The zero-order chi connectivity index (χ0) is 19.3. The number of nitro benzene ring substituents is 1. The van der Waals surface area contributed by atoms with Crippen molar-refractivity contribution in [1.82, 2.24) is 5.32 Å². The van der Waals surface area contributed by atoms with Crippen LogP contribution in [0.25, 0.3) is 0 Å². The summed E-state index contributed by atoms with van der Waals surface area (Å²) < 4.78 is 0. The van der Waals surface area contributed by atoms with Gasteiger partial charge in [0, 0.05) is 17.1 Å². The molecule has 0 aromatic heterocycles.